The number of imide groups is 1. The first-order chi connectivity index (χ1) is 10.2. The number of hydrogen-bond donors (Lipinski definition) is 1. The predicted molar refractivity (Wildman–Crippen MR) is 81.1 cm³/mol. The largest absolute Gasteiger partial charge is 0.381 e. The van der Waals surface area contributed by atoms with E-state index < -0.39 is 6.04 Å². The third-order valence-electron chi connectivity index (χ3n) is 3.37. The van der Waals surface area contributed by atoms with Crippen LogP contribution in [0.4, 0.5) is 5.69 Å². The molecule has 0 aromatic heterocycles. The Labute approximate surface area is 125 Å². The number of ether oxygens (including phenoxy) is 1. The molecular weight excluding hydrogens is 268 g/mol. The molecule has 1 N–H and O–H groups in total. The van der Waals surface area contributed by atoms with Crippen LogP contribution in [0.15, 0.2) is 30.3 Å². The Hall–Kier alpha value is -1.72. The van der Waals surface area contributed by atoms with Crippen molar-refractivity contribution in [2.75, 3.05) is 24.7 Å². The number of hydrogen-bond acceptors (Lipinski definition) is 4. The van der Waals surface area contributed by atoms with Crippen LogP contribution in [0.2, 0.25) is 0 Å². The summed E-state index contributed by atoms with van der Waals surface area (Å²) >= 11 is 0. The highest BCUT2D eigenvalue weighted by Gasteiger charge is 2.38. The molecule has 114 valence electrons. The van der Waals surface area contributed by atoms with Crippen LogP contribution in [0.5, 0.6) is 0 Å². The summed E-state index contributed by atoms with van der Waals surface area (Å²) in [5, 5.41) is 3.15. The number of para-hydroxylation sites is 1. The first kappa shape index (κ1) is 15.7. The molecule has 0 bridgehead atoms. The standard InChI is InChI=1S/C16H22N2O3/c1-2-10-21-11-6-9-17-14-12-15(19)18(16(14)20)13-7-4-3-5-8-13/h3-5,7-8,14,17H,2,6,9-12H2,1H3. The molecule has 1 fully saturated rings. The lowest BCUT2D eigenvalue weighted by Gasteiger charge is -2.15. The molecule has 1 unspecified atom stereocenters. The van der Waals surface area contributed by atoms with Crippen molar-refractivity contribution in [2.24, 2.45) is 0 Å². The highest BCUT2D eigenvalue weighted by molar-refractivity contribution is 6.22. The van der Waals surface area contributed by atoms with Gasteiger partial charge in [-0.25, -0.2) is 4.90 Å². The molecule has 0 aliphatic carbocycles. The summed E-state index contributed by atoms with van der Waals surface area (Å²) in [6.07, 6.45) is 2.07. The Morgan fingerprint density at radius 3 is 2.71 bits per heavy atom. The summed E-state index contributed by atoms with van der Waals surface area (Å²) in [6, 6.07) is 8.64. The van der Waals surface area contributed by atoms with E-state index in [0.717, 1.165) is 19.4 Å². The molecule has 1 aliphatic heterocycles. The van der Waals surface area contributed by atoms with Crippen LogP contribution in [0.3, 0.4) is 0 Å². The van der Waals surface area contributed by atoms with Gasteiger partial charge in [-0.05, 0) is 31.5 Å². The second-order valence-corrected chi connectivity index (χ2v) is 5.08. The van der Waals surface area contributed by atoms with Gasteiger partial charge in [-0.3, -0.25) is 9.59 Å². The van der Waals surface area contributed by atoms with Crippen LogP contribution >= 0.6 is 0 Å². The summed E-state index contributed by atoms with van der Waals surface area (Å²) in [6.45, 7) is 4.19. The van der Waals surface area contributed by atoms with Gasteiger partial charge in [0.15, 0.2) is 0 Å². The monoisotopic (exact) mass is 290 g/mol. The van der Waals surface area contributed by atoms with Crippen LogP contribution < -0.4 is 10.2 Å². The number of amides is 2. The van der Waals surface area contributed by atoms with Gasteiger partial charge >= 0.3 is 0 Å². The van der Waals surface area contributed by atoms with Crippen molar-refractivity contribution in [1.82, 2.24) is 5.32 Å². The lowest BCUT2D eigenvalue weighted by Crippen LogP contribution is -2.39. The number of carbonyl (C=O) groups excluding carboxylic acids is 2. The van der Waals surface area contributed by atoms with Crippen LogP contribution in [-0.4, -0.2) is 37.6 Å². The number of carbonyl (C=O) groups is 2. The van der Waals surface area contributed by atoms with E-state index in [9.17, 15) is 9.59 Å². The average molecular weight is 290 g/mol. The number of nitrogens with zero attached hydrogens (tertiary/aromatic N) is 1. The molecule has 5 heteroatoms. The highest BCUT2D eigenvalue weighted by atomic mass is 16.5. The Morgan fingerprint density at radius 2 is 2.00 bits per heavy atom. The van der Waals surface area contributed by atoms with Gasteiger partial charge in [-0.2, -0.15) is 0 Å². The van der Waals surface area contributed by atoms with E-state index in [1.165, 1.54) is 4.90 Å². The van der Waals surface area contributed by atoms with Crippen molar-refractivity contribution in [1.29, 1.82) is 0 Å². The van der Waals surface area contributed by atoms with Crippen molar-refractivity contribution >= 4 is 17.5 Å². The van der Waals surface area contributed by atoms with Crippen LogP contribution in [0.25, 0.3) is 0 Å². The molecule has 5 nitrogen and oxygen atoms in total. The van der Waals surface area contributed by atoms with Crippen LogP contribution in [0.1, 0.15) is 26.2 Å². The van der Waals surface area contributed by atoms with Gasteiger partial charge in [0.2, 0.25) is 5.91 Å². The summed E-state index contributed by atoms with van der Waals surface area (Å²) < 4.78 is 5.38. The lowest BCUT2D eigenvalue weighted by molar-refractivity contribution is -0.121. The minimum absolute atomic E-state index is 0.147. The maximum atomic E-state index is 12.3. The molecule has 21 heavy (non-hydrogen) atoms. The fourth-order valence-electron chi connectivity index (χ4n) is 2.34. The van der Waals surface area contributed by atoms with E-state index in [1.807, 2.05) is 18.2 Å². The Balaban J connectivity index is 1.82. The average Bonchev–Trinajstić information content (AvgIpc) is 2.78. The minimum Gasteiger partial charge on any atom is -0.381 e. The van der Waals surface area contributed by atoms with Gasteiger partial charge in [0.1, 0.15) is 0 Å². The molecule has 1 heterocycles. The zero-order valence-corrected chi connectivity index (χ0v) is 12.4. The molecule has 2 amide bonds. The maximum absolute atomic E-state index is 12.3. The molecule has 0 radical (unpaired) electrons. The molecule has 1 saturated heterocycles. The van der Waals surface area contributed by atoms with Gasteiger partial charge < -0.3 is 10.1 Å². The molecule has 1 aromatic carbocycles. The Morgan fingerprint density at radius 1 is 1.24 bits per heavy atom. The molecule has 1 aromatic rings. The van der Waals surface area contributed by atoms with E-state index >= 15 is 0 Å². The van der Waals surface area contributed by atoms with Gasteiger partial charge in [-0.1, -0.05) is 25.1 Å². The quantitative estimate of drug-likeness (QED) is 0.585. The number of anilines is 1. The van der Waals surface area contributed by atoms with Gasteiger partial charge in [0.05, 0.1) is 18.2 Å². The fraction of sp³-hybridized carbons (Fsp3) is 0.500. The first-order valence-corrected chi connectivity index (χ1v) is 7.47. The lowest BCUT2D eigenvalue weighted by atomic mass is 10.2. The zero-order chi connectivity index (χ0) is 15.1. The maximum Gasteiger partial charge on any atom is 0.251 e. The summed E-state index contributed by atoms with van der Waals surface area (Å²) in [5.41, 5.74) is 0.642. The summed E-state index contributed by atoms with van der Waals surface area (Å²) in [4.78, 5) is 25.6. The van der Waals surface area contributed by atoms with Crippen LogP contribution in [-0.2, 0) is 14.3 Å². The third kappa shape index (κ3) is 4.12. The topological polar surface area (TPSA) is 58.6 Å². The Kier molecular flexibility index (Phi) is 5.90. The van der Waals surface area contributed by atoms with Crippen molar-refractivity contribution in [2.45, 2.75) is 32.2 Å². The molecule has 0 spiro atoms. The SMILES string of the molecule is CCCOCCCNC1CC(=O)N(c2ccccc2)C1=O. The summed E-state index contributed by atoms with van der Waals surface area (Å²) in [7, 11) is 0. The van der Waals surface area contributed by atoms with E-state index in [1.54, 1.807) is 12.1 Å². The van der Waals surface area contributed by atoms with E-state index in [4.69, 9.17) is 4.74 Å². The van der Waals surface area contributed by atoms with Gasteiger partial charge in [0.25, 0.3) is 5.91 Å². The highest BCUT2D eigenvalue weighted by Crippen LogP contribution is 2.22. The van der Waals surface area contributed by atoms with Gasteiger partial charge in [0, 0.05) is 13.2 Å². The second kappa shape index (κ2) is 7.90. The molecule has 1 atom stereocenters. The summed E-state index contributed by atoms with van der Waals surface area (Å²) in [5.74, 6) is -0.313. The Bertz CT molecular complexity index is 476. The van der Waals surface area contributed by atoms with Crippen molar-refractivity contribution in [3.05, 3.63) is 30.3 Å². The molecule has 2 rings (SSSR count). The number of benzene rings is 1. The zero-order valence-electron chi connectivity index (χ0n) is 12.4. The first-order valence-electron chi connectivity index (χ1n) is 7.47. The molecule has 1 aliphatic rings. The van der Waals surface area contributed by atoms with E-state index in [2.05, 4.69) is 12.2 Å². The second-order valence-electron chi connectivity index (χ2n) is 5.08. The number of rotatable bonds is 8. The van der Waals surface area contributed by atoms with Crippen molar-refractivity contribution < 1.29 is 14.3 Å². The predicted octanol–water partition coefficient (Wildman–Crippen LogP) is 1.72. The third-order valence-corrected chi connectivity index (χ3v) is 3.37. The minimum atomic E-state index is -0.413. The van der Waals surface area contributed by atoms with Crippen molar-refractivity contribution in [3.8, 4) is 0 Å². The van der Waals surface area contributed by atoms with Gasteiger partial charge in [-0.15, -0.1) is 0 Å². The molecule has 0 saturated carbocycles. The molecular formula is C16H22N2O3. The van der Waals surface area contributed by atoms with E-state index in [-0.39, 0.29) is 18.2 Å². The normalized spacial score (nSPS) is 18.5. The smallest absolute Gasteiger partial charge is 0.251 e. The fourth-order valence-corrected chi connectivity index (χ4v) is 2.34. The van der Waals surface area contributed by atoms with Crippen molar-refractivity contribution in [3.63, 3.8) is 0 Å². The van der Waals surface area contributed by atoms with E-state index in [0.29, 0.717) is 18.8 Å². The van der Waals surface area contributed by atoms with Crippen LogP contribution in [0, 0.1) is 0 Å². The number of nitrogens with one attached hydrogen (secondary N) is 1.